The summed E-state index contributed by atoms with van der Waals surface area (Å²) < 4.78 is 34.8. The van der Waals surface area contributed by atoms with E-state index in [1.165, 1.54) is 0 Å². The van der Waals surface area contributed by atoms with Gasteiger partial charge in [-0.25, -0.2) is 0 Å². The zero-order valence-electron chi connectivity index (χ0n) is 18.2. The molecule has 0 aromatic carbocycles. The molecule has 0 saturated carbocycles. The molecular formula is C14H18B2Br6FeN6O6. The predicted octanol–water partition coefficient (Wildman–Crippen LogP) is 6.84. The van der Waals surface area contributed by atoms with Gasteiger partial charge in [-0.2, -0.15) is 0 Å². The number of rotatable bonds is 6. The van der Waals surface area contributed by atoms with Crippen LogP contribution in [0.1, 0.15) is 39.5 Å². The Hall–Kier alpha value is 0.349. The van der Waals surface area contributed by atoms with Gasteiger partial charge in [0, 0.05) is 0 Å². The summed E-state index contributed by atoms with van der Waals surface area (Å²) in [4.78, 5) is 0. The number of nitrogens with zero attached hydrogens (tertiary/aromatic N) is 6. The van der Waals surface area contributed by atoms with Gasteiger partial charge in [-0.15, -0.1) is 30.9 Å². The van der Waals surface area contributed by atoms with Crippen LogP contribution in [0.4, 0.5) is 0 Å². The fourth-order valence-corrected chi connectivity index (χ4v) is 3.26. The van der Waals surface area contributed by atoms with Gasteiger partial charge in [0.15, 0.2) is 27.7 Å². The Labute approximate surface area is 263 Å². The van der Waals surface area contributed by atoms with Crippen LogP contribution in [0.15, 0.2) is 30.9 Å². The van der Waals surface area contributed by atoms with Crippen LogP contribution < -0.4 is 0 Å². The Morgan fingerprint density at radius 3 is 0.857 bits per heavy atom. The van der Waals surface area contributed by atoms with Crippen LogP contribution in [0.5, 0.6) is 0 Å². The van der Waals surface area contributed by atoms with Crippen LogP contribution in [0.3, 0.4) is 0 Å². The first kappa shape index (κ1) is 33.4. The van der Waals surface area contributed by atoms with Crippen molar-refractivity contribution in [3.63, 3.8) is 0 Å². The molecule has 0 aromatic heterocycles. The molecule has 0 aromatic rings. The molecule has 0 aliphatic carbocycles. The van der Waals surface area contributed by atoms with Crippen molar-refractivity contribution in [2.45, 2.75) is 52.2 Å². The van der Waals surface area contributed by atoms with E-state index in [4.69, 9.17) is 28.5 Å². The molecule has 0 unspecified atom stereocenters. The Bertz CT molecular complexity index is 754. The van der Waals surface area contributed by atoms with E-state index in [-0.39, 0.29) is 57.4 Å². The summed E-state index contributed by atoms with van der Waals surface area (Å²) in [5, 5.41) is 24.1. The molecule has 3 aliphatic heterocycles. The van der Waals surface area contributed by atoms with Crippen molar-refractivity contribution >= 4 is 137 Å². The molecule has 0 fully saturated rings. The number of unbranched alkanes of at least 4 members (excludes halogenated alkanes) is 2. The smallest absolute Gasteiger partial charge is 0.539 e. The average Bonchev–Trinajstić information content (AvgIpc) is 2.84. The van der Waals surface area contributed by atoms with Crippen molar-refractivity contribution in [3.8, 4) is 0 Å². The normalized spacial score (nSPS) is 34.3. The number of hydrogen-bond acceptors (Lipinski definition) is 12. The zero-order chi connectivity index (χ0) is 25.2. The molecule has 2 bridgehead atoms. The standard InChI is InChI=1S/C14H18B2Br6N6O6.Fe/c1-3-5-7-15-29-23-9(17)12(20)26-32-16(8-6-4-2,33-27-13(21)10(18)24-30-15)34-28-14(22)11(19)25-31-15;/h3-8H2,1-2H3;/q-2;+2/b23-9-,24-10-,25-11-,26-12-,27-13-,28-14-;. The molecular weight excluding hydrogens is 905 g/mol. The van der Waals surface area contributed by atoms with Crippen LogP contribution in [-0.4, -0.2) is 41.2 Å². The van der Waals surface area contributed by atoms with Crippen LogP contribution in [0.2, 0.25) is 12.6 Å². The fourth-order valence-electron chi connectivity index (χ4n) is 2.33. The number of oxime groups is 6. The molecule has 12 nitrogen and oxygen atoms in total. The van der Waals surface area contributed by atoms with E-state index in [0.717, 1.165) is 12.8 Å². The van der Waals surface area contributed by atoms with Crippen molar-refractivity contribution in [1.29, 1.82) is 0 Å². The second-order valence-corrected chi connectivity index (χ2v) is 11.3. The summed E-state index contributed by atoms with van der Waals surface area (Å²) in [6.07, 6.45) is 3.39. The summed E-state index contributed by atoms with van der Waals surface area (Å²) in [5.41, 5.74) is 0. The van der Waals surface area contributed by atoms with Gasteiger partial charge in [-0.05, 0) is 95.6 Å². The minimum Gasteiger partial charge on any atom is -0.539 e. The molecule has 0 amide bonds. The summed E-state index contributed by atoms with van der Waals surface area (Å²) in [6.45, 7) is -1.41. The van der Waals surface area contributed by atoms with Gasteiger partial charge < -0.3 is 28.5 Å². The maximum absolute atomic E-state index is 5.68. The molecule has 3 aliphatic rings. The Morgan fingerprint density at radius 2 is 0.686 bits per heavy atom. The first-order valence-corrected chi connectivity index (χ1v) is 14.7. The van der Waals surface area contributed by atoms with Crippen molar-refractivity contribution in [3.05, 3.63) is 0 Å². The topological polar surface area (TPSA) is 130 Å². The van der Waals surface area contributed by atoms with E-state index >= 15 is 0 Å². The second-order valence-electron chi connectivity index (χ2n) is 6.79. The number of hydrogen-bond donors (Lipinski definition) is 0. The SMILES string of the molecule is CCCC[B-]12O/N=C(Br)/C(Br)=N/O[B-](CCCC)(O/N=C(Br)/C(Br)=N/O1)O/N=C(Br)/C(Br)=N/O2.[Fe+2]. The maximum atomic E-state index is 5.68. The van der Waals surface area contributed by atoms with Crippen LogP contribution in [-0.2, 0) is 45.6 Å². The summed E-state index contributed by atoms with van der Waals surface area (Å²) in [5.74, 6) is 0. The van der Waals surface area contributed by atoms with Crippen molar-refractivity contribution in [2.75, 3.05) is 0 Å². The van der Waals surface area contributed by atoms with Crippen LogP contribution in [0.25, 0.3) is 0 Å². The van der Waals surface area contributed by atoms with Crippen molar-refractivity contribution < 1.29 is 45.6 Å². The molecule has 0 radical (unpaired) electrons. The van der Waals surface area contributed by atoms with Gasteiger partial charge >= 0.3 is 30.6 Å². The summed E-state index contributed by atoms with van der Waals surface area (Å²) in [6, 6.07) is 0. The fraction of sp³-hybridized carbons (Fsp3) is 0.571. The van der Waals surface area contributed by atoms with E-state index in [2.05, 4.69) is 127 Å². The van der Waals surface area contributed by atoms with E-state index in [9.17, 15) is 0 Å². The van der Waals surface area contributed by atoms with E-state index < -0.39 is 13.5 Å². The molecule has 0 atom stereocenters. The Morgan fingerprint density at radius 1 is 0.486 bits per heavy atom. The summed E-state index contributed by atoms with van der Waals surface area (Å²) in [7, 11) is 0. The number of fused-ring (bicyclic) bond motifs is 9. The van der Waals surface area contributed by atoms with E-state index in [0.29, 0.717) is 12.8 Å². The quantitative estimate of drug-likeness (QED) is 0.269. The monoisotopic (exact) mass is 918 g/mol. The Kier molecular flexibility index (Phi) is 15.6. The van der Waals surface area contributed by atoms with E-state index in [1.54, 1.807) is 0 Å². The van der Waals surface area contributed by atoms with Gasteiger partial charge in [0.2, 0.25) is 0 Å². The third kappa shape index (κ3) is 10.6. The molecule has 0 saturated heterocycles. The molecule has 3 heterocycles. The van der Waals surface area contributed by atoms with Gasteiger partial charge in [0.05, 0.1) is 0 Å². The predicted molar refractivity (Wildman–Crippen MR) is 156 cm³/mol. The van der Waals surface area contributed by atoms with Crippen LogP contribution >= 0.6 is 95.6 Å². The van der Waals surface area contributed by atoms with Crippen molar-refractivity contribution in [1.82, 2.24) is 0 Å². The third-order valence-electron chi connectivity index (χ3n) is 4.09. The molecule has 35 heavy (non-hydrogen) atoms. The first-order valence-electron chi connectivity index (χ1n) is 9.97. The molecule has 0 spiro atoms. The second kappa shape index (κ2) is 16.3. The van der Waals surface area contributed by atoms with Gasteiger partial charge in [0.25, 0.3) is 0 Å². The van der Waals surface area contributed by atoms with Crippen LogP contribution in [0, 0.1) is 0 Å². The van der Waals surface area contributed by atoms with E-state index in [1.807, 2.05) is 13.8 Å². The zero-order valence-corrected chi connectivity index (χ0v) is 28.8. The molecule has 21 heteroatoms. The summed E-state index contributed by atoms with van der Waals surface area (Å²) >= 11 is 19.6. The third-order valence-corrected chi connectivity index (χ3v) is 8.81. The van der Waals surface area contributed by atoms with Gasteiger partial charge in [0.1, 0.15) is 0 Å². The first-order chi connectivity index (χ1) is 16.2. The minimum absolute atomic E-state index is 0. The van der Waals surface area contributed by atoms with Crippen molar-refractivity contribution in [2.24, 2.45) is 30.9 Å². The average molecular weight is 923 g/mol. The molecule has 0 N–H and O–H groups in total. The maximum Gasteiger partial charge on any atom is 2.00 e. The minimum atomic E-state index is -2.70. The molecule has 196 valence electrons. The molecule has 3 rings (SSSR count). The van der Waals surface area contributed by atoms with Gasteiger partial charge in [-0.1, -0.05) is 52.2 Å². The largest absolute Gasteiger partial charge is 2.00 e. The van der Waals surface area contributed by atoms with Gasteiger partial charge in [-0.3, -0.25) is 0 Å². The number of halogens is 6. The Balaban J connectivity index is 0.00000612.